The third kappa shape index (κ3) is 4.33. The highest BCUT2D eigenvalue weighted by Gasteiger charge is 2.45. The molecule has 1 aliphatic carbocycles. The monoisotopic (exact) mass is 591 g/mol. The first-order chi connectivity index (χ1) is 22.6. The maximum absolute atomic E-state index is 6.69. The van der Waals surface area contributed by atoms with E-state index in [9.17, 15) is 0 Å². The fourth-order valence-electron chi connectivity index (χ4n) is 6.89. The molecule has 0 amide bonds. The van der Waals surface area contributed by atoms with Crippen molar-refractivity contribution in [3.8, 4) is 51.0 Å². The Morgan fingerprint density at radius 3 is 1.87 bits per heavy atom. The van der Waals surface area contributed by atoms with Gasteiger partial charge in [0.15, 0.2) is 17.5 Å². The Balaban J connectivity index is 1.31. The number of nitrogens with zero attached hydrogens (tertiary/aromatic N) is 3. The van der Waals surface area contributed by atoms with Gasteiger partial charge >= 0.3 is 0 Å². The van der Waals surface area contributed by atoms with E-state index in [1.165, 1.54) is 16.2 Å². The summed E-state index contributed by atoms with van der Waals surface area (Å²) >= 11 is 0. The molecule has 4 nitrogen and oxygen atoms in total. The summed E-state index contributed by atoms with van der Waals surface area (Å²) < 4.78 is 6.69. The molecule has 2 atom stereocenters. The zero-order chi connectivity index (χ0) is 30.7. The molecular weight excluding hydrogens is 562 g/mol. The summed E-state index contributed by atoms with van der Waals surface area (Å²) in [6, 6.07) is 44.4. The summed E-state index contributed by atoms with van der Waals surface area (Å²) in [4.78, 5) is 15.4. The molecule has 0 saturated heterocycles. The van der Waals surface area contributed by atoms with Crippen LogP contribution < -0.4 is 4.74 Å². The largest absolute Gasteiger partial charge is 0.485 e. The number of hydrogen-bond acceptors (Lipinski definition) is 4. The van der Waals surface area contributed by atoms with Crippen molar-refractivity contribution in [1.29, 1.82) is 0 Å². The third-order valence-corrected chi connectivity index (χ3v) is 9.32. The summed E-state index contributed by atoms with van der Waals surface area (Å²) in [7, 11) is 0. The van der Waals surface area contributed by atoms with Crippen LogP contribution in [-0.4, -0.2) is 21.1 Å². The van der Waals surface area contributed by atoms with Crippen LogP contribution in [0.15, 0.2) is 152 Å². The van der Waals surface area contributed by atoms with Crippen LogP contribution in [0.5, 0.6) is 5.75 Å². The van der Waals surface area contributed by atoms with Crippen molar-refractivity contribution < 1.29 is 4.74 Å². The molecule has 4 heteroatoms. The van der Waals surface area contributed by atoms with Crippen molar-refractivity contribution in [3.05, 3.63) is 157 Å². The zero-order valence-electron chi connectivity index (χ0n) is 25.3. The summed E-state index contributed by atoms with van der Waals surface area (Å²) in [5.41, 5.74) is 5.74. The number of rotatable bonds is 4. The van der Waals surface area contributed by atoms with Gasteiger partial charge in [-0.05, 0) is 69.9 Å². The molecule has 1 aromatic heterocycles. The molecule has 9 rings (SSSR count). The Bertz CT molecular complexity index is 2380. The third-order valence-electron chi connectivity index (χ3n) is 9.32. The summed E-state index contributed by atoms with van der Waals surface area (Å²) in [6.07, 6.45) is 8.44. The van der Waals surface area contributed by atoms with E-state index in [-0.39, 0.29) is 11.5 Å². The lowest BCUT2D eigenvalue weighted by Crippen LogP contribution is -2.33. The molecule has 46 heavy (non-hydrogen) atoms. The Kier molecular flexibility index (Phi) is 5.97. The fourth-order valence-corrected chi connectivity index (χ4v) is 6.89. The molecule has 218 valence electrons. The first-order valence-corrected chi connectivity index (χ1v) is 15.6. The van der Waals surface area contributed by atoms with Gasteiger partial charge in [0.2, 0.25) is 0 Å². The number of fused-ring (bicyclic) bond motifs is 5. The predicted molar refractivity (Wildman–Crippen MR) is 187 cm³/mol. The minimum Gasteiger partial charge on any atom is -0.485 e. The van der Waals surface area contributed by atoms with Gasteiger partial charge in [-0.25, -0.2) is 15.0 Å². The second-order valence-electron chi connectivity index (χ2n) is 12.3. The predicted octanol–water partition coefficient (Wildman–Crippen LogP) is 9.99. The van der Waals surface area contributed by atoms with Gasteiger partial charge < -0.3 is 4.74 Å². The van der Waals surface area contributed by atoms with Crippen LogP contribution in [0.4, 0.5) is 0 Å². The maximum Gasteiger partial charge on any atom is 0.164 e. The van der Waals surface area contributed by atoms with Gasteiger partial charge in [-0.3, -0.25) is 0 Å². The molecular formula is C42H29N3O. The van der Waals surface area contributed by atoms with Crippen LogP contribution in [0, 0.1) is 0 Å². The summed E-state index contributed by atoms with van der Waals surface area (Å²) in [5.74, 6) is 2.76. The lowest BCUT2D eigenvalue weighted by Gasteiger charge is -2.28. The van der Waals surface area contributed by atoms with E-state index < -0.39 is 0 Å². The molecule has 0 bridgehead atoms. The van der Waals surface area contributed by atoms with Gasteiger partial charge in [0.05, 0.1) is 5.41 Å². The zero-order valence-corrected chi connectivity index (χ0v) is 25.3. The Hall–Kier alpha value is -5.87. The maximum atomic E-state index is 6.69. The molecule has 1 aliphatic heterocycles. The summed E-state index contributed by atoms with van der Waals surface area (Å²) in [6.45, 7) is 2.24. The normalized spacial score (nSPS) is 18.0. The van der Waals surface area contributed by atoms with Gasteiger partial charge in [0.25, 0.3) is 0 Å². The van der Waals surface area contributed by atoms with Gasteiger partial charge in [0.1, 0.15) is 11.9 Å². The number of benzene rings is 6. The van der Waals surface area contributed by atoms with Crippen LogP contribution in [0.1, 0.15) is 12.5 Å². The Labute approximate surface area is 267 Å². The molecule has 0 spiro atoms. The van der Waals surface area contributed by atoms with Crippen LogP contribution >= 0.6 is 0 Å². The standard InChI is InChI=1S/C42H29N3O/c1-42-22-10-9-17-37(42)46-36-26-34(32-20-18-27-11-5-7-15-30(27)23-32)25-35(38(36)42)41-44-39(29-13-3-2-4-14-29)43-40(45-41)33-21-19-28-12-6-8-16-31(28)24-33/h2-26,37H,1H3. The molecule has 0 N–H and O–H groups in total. The number of hydrogen-bond donors (Lipinski definition) is 0. The van der Waals surface area contributed by atoms with E-state index in [0.717, 1.165) is 44.5 Å². The van der Waals surface area contributed by atoms with E-state index in [4.69, 9.17) is 19.7 Å². The molecule has 6 aromatic carbocycles. The highest BCUT2D eigenvalue weighted by atomic mass is 16.5. The van der Waals surface area contributed by atoms with Crippen molar-refractivity contribution in [2.45, 2.75) is 18.4 Å². The highest BCUT2D eigenvalue weighted by molar-refractivity contribution is 5.90. The van der Waals surface area contributed by atoms with E-state index in [1.807, 2.05) is 30.3 Å². The molecule has 2 unspecified atom stereocenters. The van der Waals surface area contributed by atoms with Crippen LogP contribution in [0.25, 0.3) is 66.8 Å². The van der Waals surface area contributed by atoms with Crippen LogP contribution in [0.3, 0.4) is 0 Å². The van der Waals surface area contributed by atoms with E-state index in [0.29, 0.717) is 17.5 Å². The summed E-state index contributed by atoms with van der Waals surface area (Å²) in [5, 5.41) is 4.73. The van der Waals surface area contributed by atoms with Crippen LogP contribution in [-0.2, 0) is 5.41 Å². The SMILES string of the molecule is CC12C=CC=CC1Oc1cc(-c3ccc4ccccc4c3)cc(-c3nc(-c4ccccc4)nc(-c4ccc5ccccc5c4)n3)c12. The van der Waals surface area contributed by atoms with Crippen LogP contribution in [0.2, 0.25) is 0 Å². The first kappa shape index (κ1) is 26.5. The lowest BCUT2D eigenvalue weighted by atomic mass is 9.74. The van der Waals surface area contributed by atoms with Crippen molar-refractivity contribution in [3.63, 3.8) is 0 Å². The van der Waals surface area contributed by atoms with Gasteiger partial charge in [-0.1, -0.05) is 121 Å². The average Bonchev–Trinajstić information content (AvgIpc) is 3.43. The molecule has 0 saturated carbocycles. The van der Waals surface area contributed by atoms with Crippen molar-refractivity contribution >= 4 is 21.5 Å². The quantitative estimate of drug-likeness (QED) is 0.204. The fraction of sp³-hybridized carbons (Fsp3) is 0.0714. The van der Waals surface area contributed by atoms with E-state index >= 15 is 0 Å². The van der Waals surface area contributed by atoms with Gasteiger partial charge in [0, 0.05) is 22.3 Å². The number of ether oxygens (including phenoxy) is 1. The average molecular weight is 592 g/mol. The van der Waals surface area contributed by atoms with E-state index in [2.05, 4.69) is 128 Å². The molecule has 2 aliphatic rings. The second kappa shape index (κ2) is 10.4. The Morgan fingerprint density at radius 2 is 1.13 bits per heavy atom. The van der Waals surface area contributed by atoms with Crippen molar-refractivity contribution in [2.24, 2.45) is 0 Å². The molecule has 2 heterocycles. The minimum atomic E-state index is -0.371. The Morgan fingerprint density at radius 1 is 0.522 bits per heavy atom. The second-order valence-corrected chi connectivity index (χ2v) is 12.3. The van der Waals surface area contributed by atoms with Gasteiger partial charge in [-0.15, -0.1) is 0 Å². The van der Waals surface area contributed by atoms with Crippen molar-refractivity contribution in [1.82, 2.24) is 15.0 Å². The molecule has 7 aromatic rings. The lowest BCUT2D eigenvalue weighted by molar-refractivity contribution is 0.228. The van der Waals surface area contributed by atoms with E-state index in [1.54, 1.807) is 0 Å². The smallest absolute Gasteiger partial charge is 0.164 e. The first-order valence-electron chi connectivity index (χ1n) is 15.6. The topological polar surface area (TPSA) is 47.9 Å². The van der Waals surface area contributed by atoms with Gasteiger partial charge in [-0.2, -0.15) is 0 Å². The number of allylic oxidation sites excluding steroid dienone is 2. The van der Waals surface area contributed by atoms with Crippen molar-refractivity contribution in [2.75, 3.05) is 0 Å². The molecule has 0 fully saturated rings. The highest BCUT2D eigenvalue weighted by Crippen LogP contribution is 2.51. The minimum absolute atomic E-state index is 0.117. The molecule has 0 radical (unpaired) electrons. The number of aromatic nitrogens is 3.